The van der Waals surface area contributed by atoms with Crippen LogP contribution in [-0.4, -0.2) is 90.3 Å². The number of pyridine rings is 1. The predicted octanol–water partition coefficient (Wildman–Crippen LogP) is 4.51. The summed E-state index contributed by atoms with van der Waals surface area (Å²) in [6.07, 6.45) is 7.17. The monoisotopic (exact) mass is 785 g/mol. The number of benzene rings is 1. The van der Waals surface area contributed by atoms with Gasteiger partial charge in [-0.25, -0.2) is 22.6 Å². The van der Waals surface area contributed by atoms with E-state index < -0.39 is 80.2 Å². The molecule has 3 fully saturated rings. The lowest BCUT2D eigenvalue weighted by atomic mass is 9.85. The molecule has 4 aliphatic rings. The molecule has 2 saturated carbocycles. The lowest BCUT2D eigenvalue weighted by Gasteiger charge is -2.34. The summed E-state index contributed by atoms with van der Waals surface area (Å²) in [6, 6.07) is 1.81. The molecule has 1 aromatic heterocycles. The van der Waals surface area contributed by atoms with Crippen molar-refractivity contribution >= 4 is 44.6 Å². The van der Waals surface area contributed by atoms with Gasteiger partial charge < -0.3 is 29.7 Å². The lowest BCUT2D eigenvalue weighted by Crippen LogP contribution is -2.59. The van der Waals surface area contributed by atoms with E-state index in [1.54, 1.807) is 26.8 Å². The Morgan fingerprint density at radius 3 is 2.55 bits per heavy atom. The second-order valence-electron chi connectivity index (χ2n) is 16.4. The maximum atomic E-state index is 14.9. The van der Waals surface area contributed by atoms with Gasteiger partial charge in [0.15, 0.2) is 0 Å². The summed E-state index contributed by atoms with van der Waals surface area (Å²) < 4.78 is 59.8. The summed E-state index contributed by atoms with van der Waals surface area (Å²) in [5.41, 5.74) is -2.40. The highest BCUT2D eigenvalue weighted by Gasteiger charge is 2.62. The van der Waals surface area contributed by atoms with E-state index in [9.17, 15) is 32.0 Å². The maximum absolute atomic E-state index is 14.9. The van der Waals surface area contributed by atoms with Gasteiger partial charge in [0.1, 0.15) is 40.9 Å². The third-order valence-corrected chi connectivity index (χ3v) is 12.7. The number of methoxy groups -OCH3 is 1. The largest absolute Gasteiger partial charge is 0.494 e. The van der Waals surface area contributed by atoms with E-state index in [0.717, 1.165) is 6.42 Å². The van der Waals surface area contributed by atoms with Crippen molar-refractivity contribution in [2.24, 2.45) is 17.8 Å². The van der Waals surface area contributed by atoms with Crippen LogP contribution < -0.4 is 24.8 Å². The minimum atomic E-state index is -3.93. The Morgan fingerprint density at radius 1 is 1.13 bits per heavy atom. The topological polar surface area (TPSA) is 182 Å². The zero-order valence-corrected chi connectivity index (χ0v) is 33.0. The highest BCUT2D eigenvalue weighted by Crippen LogP contribution is 2.46. The number of ether oxygens (including phenoxy) is 3. The minimum absolute atomic E-state index is 0.0486. The van der Waals surface area contributed by atoms with Crippen LogP contribution in [0.1, 0.15) is 86.0 Å². The number of fused-ring (bicyclic) bond motifs is 3. The zero-order chi connectivity index (χ0) is 39.9. The van der Waals surface area contributed by atoms with E-state index in [1.165, 1.54) is 30.3 Å². The second kappa shape index (κ2) is 15.6. The summed E-state index contributed by atoms with van der Waals surface area (Å²) in [4.78, 5) is 62.1. The summed E-state index contributed by atoms with van der Waals surface area (Å²) in [7, 11) is -2.46. The van der Waals surface area contributed by atoms with E-state index in [2.05, 4.69) is 27.3 Å². The minimum Gasteiger partial charge on any atom is -0.494 e. The molecule has 1 saturated heterocycles. The number of carbonyl (C=O) groups is 4. The van der Waals surface area contributed by atoms with Crippen LogP contribution in [0.4, 0.5) is 9.18 Å². The van der Waals surface area contributed by atoms with Gasteiger partial charge in [0.05, 0.1) is 30.5 Å². The Balaban J connectivity index is 1.37. The van der Waals surface area contributed by atoms with Crippen LogP contribution in [0.25, 0.3) is 10.8 Å². The molecule has 6 rings (SSSR count). The van der Waals surface area contributed by atoms with Crippen LogP contribution in [0.2, 0.25) is 0 Å². The summed E-state index contributed by atoms with van der Waals surface area (Å²) in [5.74, 6) is -2.79. The number of nitrogens with zero attached hydrogens (tertiary/aromatic N) is 2. The number of hydrogen-bond acceptors (Lipinski definition) is 10. The number of nitrogens with one attached hydrogen (secondary N) is 3. The molecule has 3 N–H and O–H groups in total. The first-order chi connectivity index (χ1) is 25.9. The van der Waals surface area contributed by atoms with Crippen LogP contribution >= 0.6 is 0 Å². The van der Waals surface area contributed by atoms with Crippen molar-refractivity contribution in [3.8, 4) is 11.6 Å². The third-order valence-electron chi connectivity index (χ3n) is 10.9. The Bertz CT molecular complexity index is 1970. The van der Waals surface area contributed by atoms with Crippen LogP contribution in [0.5, 0.6) is 11.6 Å². The SMILES string of the molecule is CC[C@@H]1C[C@H](C)CC/C=C\[C@@H]2C[C@@]2(C(=O)NS(=O)(=O)C2CC2)NC(=O)[C@@H]2C[C@H](Oc3ncc(OC)c4ccc(F)cc34)CN2C(=O)[C@@H]1NC(=O)OC(C)(C)C. The quantitative estimate of drug-likeness (QED) is 0.322. The van der Waals surface area contributed by atoms with Crippen molar-refractivity contribution in [2.75, 3.05) is 13.7 Å². The Labute approximate surface area is 321 Å². The van der Waals surface area contributed by atoms with E-state index in [-0.39, 0.29) is 37.1 Å². The fourth-order valence-electron chi connectivity index (χ4n) is 7.73. The molecule has 0 unspecified atom stereocenters. The molecule has 0 bridgehead atoms. The fourth-order valence-corrected chi connectivity index (χ4v) is 9.09. The number of amides is 4. The molecule has 3 heterocycles. The van der Waals surface area contributed by atoms with Gasteiger partial charge >= 0.3 is 6.09 Å². The van der Waals surface area contributed by atoms with Crippen LogP contribution in [0.3, 0.4) is 0 Å². The van der Waals surface area contributed by atoms with Gasteiger partial charge in [-0.05, 0) is 89.3 Å². The number of rotatable bonds is 8. The molecule has 55 heavy (non-hydrogen) atoms. The van der Waals surface area contributed by atoms with Crippen molar-refractivity contribution < 1.29 is 46.2 Å². The molecule has 0 spiro atoms. The van der Waals surface area contributed by atoms with Crippen molar-refractivity contribution in [1.29, 1.82) is 0 Å². The molecule has 0 radical (unpaired) electrons. The zero-order valence-electron chi connectivity index (χ0n) is 32.2. The molecule has 4 amide bonds. The van der Waals surface area contributed by atoms with E-state index in [4.69, 9.17) is 14.2 Å². The highest BCUT2D eigenvalue weighted by molar-refractivity contribution is 7.91. The predicted molar refractivity (Wildman–Crippen MR) is 201 cm³/mol. The number of allylic oxidation sites excluding steroid dienone is 1. The first kappa shape index (κ1) is 40.2. The van der Waals surface area contributed by atoms with Gasteiger partial charge in [0, 0.05) is 17.7 Å². The Hall–Kier alpha value is -4.47. The second-order valence-corrected chi connectivity index (χ2v) is 18.3. The normalized spacial score (nSPS) is 29.5. The maximum Gasteiger partial charge on any atom is 0.408 e. The van der Waals surface area contributed by atoms with Crippen LogP contribution in [0.15, 0.2) is 36.5 Å². The number of carbonyl (C=O) groups excluding carboxylic acids is 4. The van der Waals surface area contributed by atoms with Gasteiger partial charge in [-0.15, -0.1) is 0 Å². The summed E-state index contributed by atoms with van der Waals surface area (Å²) in [6.45, 7) is 9.05. The highest BCUT2D eigenvalue weighted by atomic mass is 32.2. The third kappa shape index (κ3) is 9.00. The number of alkyl carbamates (subject to hydrolysis) is 1. The summed E-state index contributed by atoms with van der Waals surface area (Å²) >= 11 is 0. The molecule has 16 heteroatoms. The van der Waals surface area contributed by atoms with Crippen molar-refractivity contribution in [3.63, 3.8) is 0 Å². The molecule has 2 aliphatic carbocycles. The average Bonchev–Trinajstić information content (AvgIpc) is 4.04. The summed E-state index contributed by atoms with van der Waals surface area (Å²) in [5, 5.41) is 5.89. The lowest BCUT2D eigenvalue weighted by molar-refractivity contribution is -0.142. The molecular formula is C39H52FN5O9S. The molecule has 1 aromatic carbocycles. The van der Waals surface area contributed by atoms with Crippen molar-refractivity contribution in [3.05, 3.63) is 42.4 Å². The van der Waals surface area contributed by atoms with Crippen LogP contribution in [-0.2, 0) is 29.1 Å². The van der Waals surface area contributed by atoms with E-state index in [0.29, 0.717) is 48.6 Å². The number of aromatic nitrogens is 1. The molecular weight excluding hydrogens is 734 g/mol. The smallest absolute Gasteiger partial charge is 0.408 e. The number of halogens is 1. The Kier molecular flexibility index (Phi) is 11.4. The molecule has 7 atom stereocenters. The van der Waals surface area contributed by atoms with Crippen molar-refractivity contribution in [2.45, 2.75) is 121 Å². The molecule has 2 aliphatic heterocycles. The standard InChI is InChI=1S/C39H52FN5O9S/c1-7-23-16-22(2)10-8-9-11-24-19-39(24,36(48)44-55(50,51)27-13-14-27)43-33(46)30-18-26(21-45(30)35(47)32(23)42-37(49)54-38(3,4)5)53-34-29-17-25(40)12-15-28(29)31(52-6)20-41-34/h9,11-12,15,17,20,22-24,26-27,30,32H,7-8,10,13-14,16,18-19,21H2,1-6H3,(H,42,49)(H,43,46)(H,44,48)/b11-9-/t22-,23-,24-,26+,30+,32-,39-/m1/s1. The van der Waals surface area contributed by atoms with Gasteiger partial charge in [0.25, 0.3) is 5.91 Å². The van der Waals surface area contributed by atoms with Crippen molar-refractivity contribution in [1.82, 2.24) is 25.2 Å². The van der Waals surface area contributed by atoms with Gasteiger partial charge in [-0.3, -0.25) is 19.1 Å². The van der Waals surface area contributed by atoms with Gasteiger partial charge in [0.2, 0.25) is 27.7 Å². The molecule has 14 nitrogen and oxygen atoms in total. The fraction of sp³-hybridized carbons (Fsp3) is 0.615. The average molecular weight is 786 g/mol. The van der Waals surface area contributed by atoms with E-state index >= 15 is 0 Å². The Morgan fingerprint density at radius 2 is 1.87 bits per heavy atom. The first-order valence-corrected chi connectivity index (χ1v) is 20.6. The first-order valence-electron chi connectivity index (χ1n) is 19.1. The van der Waals surface area contributed by atoms with Crippen LogP contribution in [0, 0.1) is 23.6 Å². The van der Waals surface area contributed by atoms with E-state index in [1.807, 2.05) is 19.1 Å². The number of hydrogen-bond donors (Lipinski definition) is 3. The number of sulfonamides is 1. The molecule has 2 aromatic rings. The van der Waals surface area contributed by atoms with Gasteiger partial charge in [-0.2, -0.15) is 0 Å². The van der Waals surface area contributed by atoms with Gasteiger partial charge in [-0.1, -0.05) is 32.4 Å². The molecule has 300 valence electrons.